The molecule has 98 valence electrons. The average molecular weight is 386 g/mol. The Balaban J connectivity index is 2.14. The van der Waals surface area contributed by atoms with E-state index >= 15 is 0 Å². The Morgan fingerprint density at radius 3 is 2.63 bits per heavy atom. The van der Waals surface area contributed by atoms with E-state index in [0.717, 1.165) is 9.13 Å². The van der Waals surface area contributed by atoms with Crippen LogP contribution in [0.5, 0.6) is 0 Å². The normalized spacial score (nSPS) is 10.3. The van der Waals surface area contributed by atoms with Gasteiger partial charge in [0.25, 0.3) is 5.91 Å². The highest BCUT2D eigenvalue weighted by atomic mass is 127. The summed E-state index contributed by atoms with van der Waals surface area (Å²) in [5.41, 5.74) is 1.65. The van der Waals surface area contributed by atoms with Crippen LogP contribution >= 0.6 is 34.2 Å². The molecule has 1 amide bonds. The van der Waals surface area contributed by atoms with Crippen molar-refractivity contribution in [3.8, 4) is 0 Å². The molecular formula is C15H13ClINO. The second kappa shape index (κ2) is 6.39. The van der Waals surface area contributed by atoms with Gasteiger partial charge in [0.15, 0.2) is 0 Å². The molecule has 0 fully saturated rings. The zero-order chi connectivity index (χ0) is 13.8. The van der Waals surface area contributed by atoms with Gasteiger partial charge in [0, 0.05) is 27.7 Å². The Morgan fingerprint density at radius 2 is 1.95 bits per heavy atom. The lowest BCUT2D eigenvalue weighted by molar-refractivity contribution is 0.0785. The highest BCUT2D eigenvalue weighted by Crippen LogP contribution is 2.18. The molecular weight excluding hydrogens is 373 g/mol. The lowest BCUT2D eigenvalue weighted by Crippen LogP contribution is -2.26. The topological polar surface area (TPSA) is 20.3 Å². The molecule has 0 unspecified atom stereocenters. The lowest BCUT2D eigenvalue weighted by atomic mass is 10.1. The van der Waals surface area contributed by atoms with Crippen LogP contribution in [0.3, 0.4) is 0 Å². The van der Waals surface area contributed by atoms with Crippen LogP contribution < -0.4 is 0 Å². The number of rotatable bonds is 3. The maximum Gasteiger partial charge on any atom is 0.253 e. The third-order valence-corrected chi connectivity index (χ3v) is 3.82. The third kappa shape index (κ3) is 3.70. The summed E-state index contributed by atoms with van der Waals surface area (Å²) < 4.78 is 1.05. The van der Waals surface area contributed by atoms with Crippen molar-refractivity contribution in [3.05, 3.63) is 68.3 Å². The standard InChI is InChI=1S/C15H13ClINO/c1-18(10-12-5-2-3-8-14(12)16)15(19)11-6-4-7-13(17)9-11/h2-9H,10H2,1H3. The Morgan fingerprint density at radius 1 is 1.21 bits per heavy atom. The van der Waals surface area contributed by atoms with Gasteiger partial charge in [-0.05, 0) is 52.4 Å². The zero-order valence-corrected chi connectivity index (χ0v) is 13.4. The van der Waals surface area contributed by atoms with Crippen LogP contribution in [-0.2, 0) is 6.54 Å². The minimum Gasteiger partial charge on any atom is -0.337 e. The van der Waals surface area contributed by atoms with Crippen molar-refractivity contribution in [1.82, 2.24) is 4.90 Å². The van der Waals surface area contributed by atoms with Gasteiger partial charge in [0.1, 0.15) is 0 Å². The fourth-order valence-corrected chi connectivity index (χ4v) is 2.53. The molecule has 0 aliphatic rings. The molecule has 0 aromatic heterocycles. The first-order valence-corrected chi connectivity index (χ1v) is 7.28. The van der Waals surface area contributed by atoms with E-state index in [9.17, 15) is 4.79 Å². The van der Waals surface area contributed by atoms with Gasteiger partial charge in [-0.25, -0.2) is 0 Å². The lowest BCUT2D eigenvalue weighted by Gasteiger charge is -2.18. The summed E-state index contributed by atoms with van der Waals surface area (Å²) in [5.74, 6) is -0.00145. The van der Waals surface area contributed by atoms with Crippen molar-refractivity contribution in [1.29, 1.82) is 0 Å². The van der Waals surface area contributed by atoms with Crippen LogP contribution in [0.25, 0.3) is 0 Å². The van der Waals surface area contributed by atoms with Crippen molar-refractivity contribution in [2.45, 2.75) is 6.54 Å². The van der Waals surface area contributed by atoms with E-state index in [1.54, 1.807) is 11.9 Å². The highest BCUT2D eigenvalue weighted by molar-refractivity contribution is 14.1. The number of hydrogen-bond donors (Lipinski definition) is 0. The average Bonchev–Trinajstić information content (AvgIpc) is 2.40. The number of amides is 1. The number of hydrogen-bond acceptors (Lipinski definition) is 1. The molecule has 2 nitrogen and oxygen atoms in total. The summed E-state index contributed by atoms with van der Waals surface area (Å²) in [5, 5.41) is 0.685. The van der Waals surface area contributed by atoms with Crippen molar-refractivity contribution < 1.29 is 4.79 Å². The summed E-state index contributed by atoms with van der Waals surface area (Å²) in [6.45, 7) is 0.504. The van der Waals surface area contributed by atoms with Crippen molar-refractivity contribution in [2.24, 2.45) is 0 Å². The molecule has 0 saturated carbocycles. The van der Waals surface area contributed by atoms with Gasteiger partial charge in [-0.3, -0.25) is 4.79 Å². The Kier molecular flexibility index (Phi) is 4.82. The van der Waals surface area contributed by atoms with Crippen LogP contribution in [0.15, 0.2) is 48.5 Å². The molecule has 2 aromatic rings. The van der Waals surface area contributed by atoms with Gasteiger partial charge in [0.05, 0.1) is 0 Å². The molecule has 0 aliphatic heterocycles. The van der Waals surface area contributed by atoms with Gasteiger partial charge in [0.2, 0.25) is 0 Å². The monoisotopic (exact) mass is 385 g/mol. The first kappa shape index (κ1) is 14.3. The van der Waals surface area contributed by atoms with Crippen molar-refractivity contribution >= 4 is 40.1 Å². The van der Waals surface area contributed by atoms with E-state index in [2.05, 4.69) is 22.6 Å². The summed E-state index contributed by atoms with van der Waals surface area (Å²) in [7, 11) is 1.78. The van der Waals surface area contributed by atoms with Crippen LogP contribution in [0, 0.1) is 3.57 Å². The minimum atomic E-state index is -0.00145. The minimum absolute atomic E-state index is 0.00145. The maximum absolute atomic E-state index is 12.3. The number of nitrogens with zero attached hydrogens (tertiary/aromatic N) is 1. The largest absolute Gasteiger partial charge is 0.337 e. The summed E-state index contributed by atoms with van der Waals surface area (Å²) in [4.78, 5) is 14.0. The van der Waals surface area contributed by atoms with Gasteiger partial charge < -0.3 is 4.90 Å². The molecule has 0 N–H and O–H groups in total. The van der Waals surface area contributed by atoms with E-state index < -0.39 is 0 Å². The number of halogens is 2. The van der Waals surface area contributed by atoms with E-state index in [1.165, 1.54) is 0 Å². The number of carbonyl (C=O) groups excluding carboxylic acids is 1. The van der Waals surface area contributed by atoms with Gasteiger partial charge in [-0.15, -0.1) is 0 Å². The van der Waals surface area contributed by atoms with Crippen LogP contribution in [0.2, 0.25) is 5.02 Å². The molecule has 0 aliphatic carbocycles. The fourth-order valence-electron chi connectivity index (χ4n) is 1.80. The molecule has 0 saturated heterocycles. The predicted octanol–water partition coefficient (Wildman–Crippen LogP) is 4.22. The quantitative estimate of drug-likeness (QED) is 0.725. The van der Waals surface area contributed by atoms with Gasteiger partial charge >= 0.3 is 0 Å². The molecule has 0 bridgehead atoms. The summed E-state index contributed by atoms with van der Waals surface area (Å²) in [6, 6.07) is 15.1. The zero-order valence-electron chi connectivity index (χ0n) is 10.4. The van der Waals surface area contributed by atoms with Gasteiger partial charge in [-0.1, -0.05) is 35.9 Å². The molecule has 2 rings (SSSR count). The molecule has 0 spiro atoms. The fraction of sp³-hybridized carbons (Fsp3) is 0.133. The molecule has 19 heavy (non-hydrogen) atoms. The number of carbonyl (C=O) groups is 1. The van der Waals surface area contributed by atoms with Crippen LogP contribution in [0.1, 0.15) is 15.9 Å². The van der Waals surface area contributed by atoms with Gasteiger partial charge in [-0.2, -0.15) is 0 Å². The maximum atomic E-state index is 12.3. The Bertz CT molecular complexity index is 600. The Hall–Kier alpha value is -1.07. The summed E-state index contributed by atoms with van der Waals surface area (Å²) >= 11 is 8.30. The van der Waals surface area contributed by atoms with Crippen molar-refractivity contribution in [3.63, 3.8) is 0 Å². The predicted molar refractivity (Wildman–Crippen MR) is 86.4 cm³/mol. The SMILES string of the molecule is CN(Cc1ccccc1Cl)C(=O)c1cccc(I)c1. The van der Waals surface area contributed by atoms with E-state index in [1.807, 2.05) is 48.5 Å². The van der Waals surface area contributed by atoms with E-state index in [4.69, 9.17) is 11.6 Å². The second-order valence-corrected chi connectivity index (χ2v) is 5.92. The smallest absolute Gasteiger partial charge is 0.253 e. The molecule has 2 aromatic carbocycles. The molecule has 4 heteroatoms. The third-order valence-electron chi connectivity index (χ3n) is 2.78. The number of benzene rings is 2. The molecule has 0 atom stereocenters. The van der Waals surface area contributed by atoms with E-state index in [-0.39, 0.29) is 5.91 Å². The molecule has 0 radical (unpaired) electrons. The second-order valence-electron chi connectivity index (χ2n) is 4.26. The van der Waals surface area contributed by atoms with Crippen LogP contribution in [-0.4, -0.2) is 17.9 Å². The van der Waals surface area contributed by atoms with E-state index in [0.29, 0.717) is 17.1 Å². The van der Waals surface area contributed by atoms with Crippen molar-refractivity contribution in [2.75, 3.05) is 7.05 Å². The first-order valence-electron chi connectivity index (χ1n) is 5.82. The summed E-state index contributed by atoms with van der Waals surface area (Å²) in [6.07, 6.45) is 0. The Labute approximate surface area is 131 Å². The van der Waals surface area contributed by atoms with Crippen LogP contribution in [0.4, 0.5) is 0 Å². The highest BCUT2D eigenvalue weighted by Gasteiger charge is 2.13. The first-order chi connectivity index (χ1) is 9.08. The molecule has 0 heterocycles.